The highest BCUT2D eigenvalue weighted by atomic mass is 16.3. The SMILES string of the molecule is CC1CCC(C)(O)C2CCC3C(C3(C)C)C12C. The van der Waals surface area contributed by atoms with E-state index in [-0.39, 0.29) is 0 Å². The second-order valence-electron chi connectivity index (χ2n) is 8.20. The van der Waals surface area contributed by atoms with Crippen molar-refractivity contribution in [1.82, 2.24) is 0 Å². The fourth-order valence-electron chi connectivity index (χ4n) is 6.02. The van der Waals surface area contributed by atoms with Crippen LogP contribution < -0.4 is 0 Å². The number of fused-ring (bicyclic) bond motifs is 3. The van der Waals surface area contributed by atoms with Crippen molar-refractivity contribution in [1.29, 1.82) is 0 Å². The quantitative estimate of drug-likeness (QED) is 0.677. The molecule has 0 amide bonds. The summed E-state index contributed by atoms with van der Waals surface area (Å²) in [5.74, 6) is 3.10. The maximum Gasteiger partial charge on any atom is 0.0653 e. The van der Waals surface area contributed by atoms with Crippen LogP contribution in [0.4, 0.5) is 0 Å². The van der Waals surface area contributed by atoms with Gasteiger partial charge in [-0.25, -0.2) is 0 Å². The lowest BCUT2D eigenvalue weighted by Crippen LogP contribution is -2.54. The number of hydrogen-bond donors (Lipinski definition) is 1. The molecule has 0 aromatic carbocycles. The summed E-state index contributed by atoms with van der Waals surface area (Å²) in [6, 6.07) is 0. The third-order valence-electron chi connectivity index (χ3n) is 7.13. The van der Waals surface area contributed by atoms with Crippen LogP contribution in [-0.2, 0) is 0 Å². The molecule has 0 radical (unpaired) electrons. The first-order valence-electron chi connectivity index (χ1n) is 7.44. The lowest BCUT2D eigenvalue weighted by atomic mass is 9.51. The van der Waals surface area contributed by atoms with Crippen LogP contribution in [0.25, 0.3) is 0 Å². The van der Waals surface area contributed by atoms with Gasteiger partial charge in [-0.3, -0.25) is 0 Å². The molecule has 6 unspecified atom stereocenters. The predicted molar refractivity (Wildman–Crippen MR) is 70.6 cm³/mol. The average Bonchev–Trinajstić information content (AvgIpc) is 2.78. The molecule has 3 aliphatic rings. The topological polar surface area (TPSA) is 20.2 Å². The minimum Gasteiger partial charge on any atom is -0.390 e. The van der Waals surface area contributed by atoms with E-state index in [0.717, 1.165) is 24.2 Å². The van der Waals surface area contributed by atoms with Gasteiger partial charge in [-0.1, -0.05) is 27.7 Å². The molecule has 3 rings (SSSR count). The van der Waals surface area contributed by atoms with Crippen LogP contribution in [0.5, 0.6) is 0 Å². The summed E-state index contributed by atoms with van der Waals surface area (Å²) in [5, 5.41) is 10.8. The van der Waals surface area contributed by atoms with Crippen LogP contribution in [-0.4, -0.2) is 10.7 Å². The van der Waals surface area contributed by atoms with Gasteiger partial charge in [0, 0.05) is 0 Å². The van der Waals surface area contributed by atoms with E-state index in [1.165, 1.54) is 19.3 Å². The van der Waals surface area contributed by atoms with Crippen molar-refractivity contribution < 1.29 is 5.11 Å². The van der Waals surface area contributed by atoms with Gasteiger partial charge in [-0.15, -0.1) is 0 Å². The van der Waals surface area contributed by atoms with Crippen LogP contribution in [0.15, 0.2) is 0 Å². The van der Waals surface area contributed by atoms with E-state index < -0.39 is 5.60 Å². The van der Waals surface area contributed by atoms with Crippen molar-refractivity contribution in [2.75, 3.05) is 0 Å². The van der Waals surface area contributed by atoms with Gasteiger partial charge in [-0.2, -0.15) is 0 Å². The largest absolute Gasteiger partial charge is 0.390 e. The molecule has 3 aliphatic carbocycles. The molecule has 1 nitrogen and oxygen atoms in total. The average molecular weight is 236 g/mol. The third-order valence-corrected chi connectivity index (χ3v) is 7.13. The number of rotatable bonds is 0. The van der Waals surface area contributed by atoms with Gasteiger partial charge in [0.2, 0.25) is 0 Å². The summed E-state index contributed by atoms with van der Waals surface area (Å²) in [7, 11) is 0. The van der Waals surface area contributed by atoms with E-state index >= 15 is 0 Å². The number of hydrogen-bond acceptors (Lipinski definition) is 1. The standard InChI is InChI=1S/C16H28O/c1-10-8-9-15(4,17)12-7-6-11-13(14(11,2)3)16(10,12)5/h10-13,17H,6-9H2,1-5H3. The van der Waals surface area contributed by atoms with Crippen molar-refractivity contribution >= 4 is 0 Å². The molecule has 0 saturated heterocycles. The summed E-state index contributed by atoms with van der Waals surface area (Å²) < 4.78 is 0. The first kappa shape index (κ1) is 12.0. The van der Waals surface area contributed by atoms with E-state index in [1.807, 2.05) is 0 Å². The molecule has 3 saturated carbocycles. The van der Waals surface area contributed by atoms with E-state index in [2.05, 4.69) is 34.6 Å². The molecule has 0 spiro atoms. The lowest BCUT2D eigenvalue weighted by molar-refractivity contribution is -0.145. The Balaban J connectivity index is 2.01. The highest BCUT2D eigenvalue weighted by Crippen LogP contribution is 2.76. The third kappa shape index (κ3) is 1.30. The van der Waals surface area contributed by atoms with Gasteiger partial charge in [0.1, 0.15) is 0 Å². The van der Waals surface area contributed by atoms with E-state index in [1.54, 1.807) is 0 Å². The first-order valence-corrected chi connectivity index (χ1v) is 7.44. The maximum atomic E-state index is 10.8. The second kappa shape index (κ2) is 3.10. The molecule has 3 fully saturated rings. The molecule has 0 bridgehead atoms. The Hall–Kier alpha value is -0.0400. The summed E-state index contributed by atoms with van der Waals surface area (Å²) in [6.07, 6.45) is 4.81. The Morgan fingerprint density at radius 3 is 2.29 bits per heavy atom. The normalized spacial score (nSPS) is 60.4. The van der Waals surface area contributed by atoms with Gasteiger partial charge in [-0.05, 0) is 67.1 Å². The van der Waals surface area contributed by atoms with Crippen molar-refractivity contribution in [3.8, 4) is 0 Å². The van der Waals surface area contributed by atoms with Crippen molar-refractivity contribution in [3.63, 3.8) is 0 Å². The molecule has 0 heterocycles. The molecular weight excluding hydrogens is 208 g/mol. The van der Waals surface area contributed by atoms with Crippen LogP contribution in [0.2, 0.25) is 0 Å². The second-order valence-corrected chi connectivity index (χ2v) is 8.20. The summed E-state index contributed by atoms with van der Waals surface area (Å²) in [4.78, 5) is 0. The van der Waals surface area contributed by atoms with Crippen LogP contribution in [0, 0.1) is 34.5 Å². The zero-order chi connectivity index (χ0) is 12.6. The molecular formula is C16H28O. The Labute approximate surface area is 106 Å². The lowest BCUT2D eigenvalue weighted by Gasteiger charge is -2.56. The van der Waals surface area contributed by atoms with E-state index in [0.29, 0.717) is 16.7 Å². The Morgan fingerprint density at radius 2 is 1.65 bits per heavy atom. The zero-order valence-corrected chi connectivity index (χ0v) is 12.1. The molecule has 0 aromatic rings. The van der Waals surface area contributed by atoms with Gasteiger partial charge >= 0.3 is 0 Å². The fourth-order valence-corrected chi connectivity index (χ4v) is 6.02. The van der Waals surface area contributed by atoms with Crippen molar-refractivity contribution in [2.45, 2.75) is 65.9 Å². The van der Waals surface area contributed by atoms with E-state index in [4.69, 9.17) is 0 Å². The van der Waals surface area contributed by atoms with E-state index in [9.17, 15) is 5.11 Å². The van der Waals surface area contributed by atoms with Gasteiger partial charge < -0.3 is 5.11 Å². The highest BCUT2D eigenvalue weighted by molar-refractivity contribution is 5.20. The van der Waals surface area contributed by atoms with Crippen molar-refractivity contribution in [3.05, 3.63) is 0 Å². The molecule has 0 aromatic heterocycles. The Kier molecular flexibility index (Phi) is 2.19. The fraction of sp³-hybridized carbons (Fsp3) is 1.00. The summed E-state index contributed by atoms with van der Waals surface area (Å²) in [5.41, 5.74) is 0.504. The van der Waals surface area contributed by atoms with Gasteiger partial charge in [0.25, 0.3) is 0 Å². The Bertz CT molecular complexity index is 343. The molecule has 1 N–H and O–H groups in total. The minimum absolute atomic E-state index is 0.383. The highest BCUT2D eigenvalue weighted by Gasteiger charge is 2.72. The molecule has 0 aliphatic heterocycles. The predicted octanol–water partition coefficient (Wildman–Crippen LogP) is 3.86. The van der Waals surface area contributed by atoms with Crippen LogP contribution in [0.3, 0.4) is 0 Å². The maximum absolute atomic E-state index is 10.8. The summed E-state index contributed by atoms with van der Waals surface area (Å²) in [6.45, 7) is 11.9. The number of aliphatic hydroxyl groups is 1. The zero-order valence-electron chi connectivity index (χ0n) is 12.1. The molecule has 17 heavy (non-hydrogen) atoms. The molecule has 1 heteroatoms. The Morgan fingerprint density at radius 1 is 1.00 bits per heavy atom. The van der Waals surface area contributed by atoms with Gasteiger partial charge in [0.15, 0.2) is 0 Å². The summed E-state index contributed by atoms with van der Waals surface area (Å²) >= 11 is 0. The smallest absolute Gasteiger partial charge is 0.0653 e. The first-order chi connectivity index (χ1) is 7.72. The van der Waals surface area contributed by atoms with Gasteiger partial charge in [0.05, 0.1) is 5.60 Å². The molecule has 6 atom stereocenters. The minimum atomic E-state index is -0.412. The molecule has 98 valence electrons. The van der Waals surface area contributed by atoms with Crippen LogP contribution >= 0.6 is 0 Å². The van der Waals surface area contributed by atoms with Crippen molar-refractivity contribution in [2.24, 2.45) is 34.5 Å². The van der Waals surface area contributed by atoms with Crippen LogP contribution in [0.1, 0.15) is 60.3 Å². The monoisotopic (exact) mass is 236 g/mol.